The van der Waals surface area contributed by atoms with Crippen LogP contribution in [0.5, 0.6) is 0 Å². The summed E-state index contributed by atoms with van der Waals surface area (Å²) in [6.07, 6.45) is 4.88. The molecule has 1 saturated heterocycles. The zero-order chi connectivity index (χ0) is 29.0. The third kappa shape index (κ3) is 6.22. The lowest BCUT2D eigenvalue weighted by Gasteiger charge is -2.30. The first kappa shape index (κ1) is 29.7. The molecule has 8 nitrogen and oxygen atoms in total. The van der Waals surface area contributed by atoms with Gasteiger partial charge in [-0.3, -0.25) is 9.78 Å². The van der Waals surface area contributed by atoms with Gasteiger partial charge in [-0.1, -0.05) is 35.9 Å². The van der Waals surface area contributed by atoms with Crippen LogP contribution < -0.4 is 0 Å². The first-order valence-electron chi connectivity index (χ1n) is 13.3. The van der Waals surface area contributed by atoms with Crippen molar-refractivity contribution in [3.05, 3.63) is 82.6 Å². The van der Waals surface area contributed by atoms with Crippen LogP contribution in [0.2, 0.25) is 5.02 Å². The fourth-order valence-corrected chi connectivity index (χ4v) is 7.43. The number of carboxylic acid groups (broad SMARTS) is 1. The fourth-order valence-electron chi connectivity index (χ4n) is 5.30. The van der Waals surface area contributed by atoms with Gasteiger partial charge in [-0.15, -0.1) is 0 Å². The number of aryl methyl sites for hydroxylation is 1. The molecule has 1 aliphatic rings. The van der Waals surface area contributed by atoms with Gasteiger partial charge in [-0.25, -0.2) is 13.2 Å². The summed E-state index contributed by atoms with van der Waals surface area (Å²) in [5, 5.41) is 9.81. The molecule has 10 heteroatoms. The highest BCUT2D eigenvalue weighted by molar-refractivity contribution is 7.89. The van der Waals surface area contributed by atoms with Crippen molar-refractivity contribution < 1.29 is 23.1 Å². The van der Waals surface area contributed by atoms with E-state index in [1.165, 1.54) is 9.21 Å². The Balaban J connectivity index is 1.64. The molecule has 1 fully saturated rings. The maximum absolute atomic E-state index is 14.1. The number of pyridine rings is 1. The third-order valence-electron chi connectivity index (χ3n) is 7.56. The third-order valence-corrected chi connectivity index (χ3v) is 10.1. The van der Waals surface area contributed by atoms with Crippen LogP contribution in [0.25, 0.3) is 11.1 Å². The molecule has 0 spiro atoms. The Morgan fingerprint density at radius 1 is 1.18 bits per heavy atom. The summed E-state index contributed by atoms with van der Waals surface area (Å²) in [5.74, 6) is -1.28. The second-order valence-electron chi connectivity index (χ2n) is 10.2. The highest BCUT2D eigenvalue weighted by atomic mass is 35.5. The number of nitrogens with zero attached hydrogens (tertiary/aromatic N) is 3. The Hall–Kier alpha value is -3.27. The molecule has 0 radical (unpaired) electrons. The van der Waals surface area contributed by atoms with Gasteiger partial charge in [0.05, 0.1) is 4.90 Å². The van der Waals surface area contributed by atoms with E-state index in [0.29, 0.717) is 30.0 Å². The van der Waals surface area contributed by atoms with Crippen molar-refractivity contribution in [2.24, 2.45) is 0 Å². The van der Waals surface area contributed by atoms with E-state index < -0.39 is 28.1 Å². The summed E-state index contributed by atoms with van der Waals surface area (Å²) in [7, 11) is -4.01. The van der Waals surface area contributed by atoms with Crippen molar-refractivity contribution in [2.75, 3.05) is 13.1 Å². The van der Waals surface area contributed by atoms with Crippen LogP contribution in [0.1, 0.15) is 55.3 Å². The number of sulfonamides is 1. The number of amides is 1. The Morgan fingerprint density at radius 2 is 1.93 bits per heavy atom. The van der Waals surface area contributed by atoms with Crippen molar-refractivity contribution >= 4 is 33.5 Å². The van der Waals surface area contributed by atoms with Gasteiger partial charge in [0.15, 0.2) is 0 Å². The van der Waals surface area contributed by atoms with E-state index in [1.807, 2.05) is 44.2 Å². The minimum atomic E-state index is -4.01. The summed E-state index contributed by atoms with van der Waals surface area (Å²) in [5.41, 5.74) is 4.22. The van der Waals surface area contributed by atoms with Crippen LogP contribution >= 0.6 is 11.6 Å². The summed E-state index contributed by atoms with van der Waals surface area (Å²) in [6, 6.07) is 13.1. The van der Waals surface area contributed by atoms with Crippen molar-refractivity contribution in [3.8, 4) is 11.1 Å². The van der Waals surface area contributed by atoms with Crippen LogP contribution in [0.15, 0.2) is 65.8 Å². The van der Waals surface area contributed by atoms with Crippen LogP contribution in [0, 0.1) is 13.8 Å². The van der Waals surface area contributed by atoms with E-state index in [1.54, 1.807) is 37.5 Å². The Bertz CT molecular complexity index is 1510. The zero-order valence-corrected chi connectivity index (χ0v) is 24.5. The van der Waals surface area contributed by atoms with Gasteiger partial charge in [0, 0.05) is 43.0 Å². The average molecular weight is 584 g/mol. The first-order chi connectivity index (χ1) is 19.0. The molecule has 0 bridgehead atoms. The number of hydrogen-bond acceptors (Lipinski definition) is 5. The van der Waals surface area contributed by atoms with Crippen molar-refractivity contribution in [1.29, 1.82) is 0 Å². The molecule has 0 unspecified atom stereocenters. The molecule has 40 heavy (non-hydrogen) atoms. The lowest BCUT2D eigenvalue weighted by atomic mass is 9.98. The second-order valence-corrected chi connectivity index (χ2v) is 12.4. The summed E-state index contributed by atoms with van der Waals surface area (Å²) < 4.78 is 29.6. The molecular weight excluding hydrogens is 550 g/mol. The molecule has 2 heterocycles. The monoisotopic (exact) mass is 583 g/mol. The van der Waals surface area contributed by atoms with Gasteiger partial charge < -0.3 is 10.0 Å². The second kappa shape index (κ2) is 12.5. The average Bonchev–Trinajstić information content (AvgIpc) is 3.43. The molecule has 1 aromatic heterocycles. The molecule has 2 atom stereocenters. The number of halogens is 1. The predicted octanol–water partition coefficient (Wildman–Crippen LogP) is 5.63. The van der Waals surface area contributed by atoms with Crippen molar-refractivity contribution in [3.63, 3.8) is 0 Å². The fraction of sp³-hybridized carbons (Fsp3) is 0.367. The lowest BCUT2D eigenvalue weighted by molar-refractivity contribution is -0.148. The van der Waals surface area contributed by atoms with Crippen LogP contribution in [-0.2, 0) is 19.6 Å². The number of rotatable bonds is 10. The Labute approximate surface area is 240 Å². The minimum absolute atomic E-state index is 0.0489. The normalized spacial score (nSPS) is 16.3. The minimum Gasteiger partial charge on any atom is -0.480 e. The Kier molecular flexibility index (Phi) is 9.28. The highest BCUT2D eigenvalue weighted by Crippen LogP contribution is 2.34. The number of carbonyl (C=O) groups is 2. The van der Waals surface area contributed by atoms with Gasteiger partial charge in [-0.2, -0.15) is 4.31 Å². The van der Waals surface area contributed by atoms with E-state index in [9.17, 15) is 23.1 Å². The van der Waals surface area contributed by atoms with Crippen LogP contribution in [0.3, 0.4) is 0 Å². The van der Waals surface area contributed by atoms with E-state index in [2.05, 4.69) is 4.98 Å². The van der Waals surface area contributed by atoms with Gasteiger partial charge in [-0.05, 0) is 92.1 Å². The number of aliphatic carboxylic acids is 1. The number of carboxylic acids is 1. The number of likely N-dealkylation sites (tertiary alicyclic amines) is 1. The lowest BCUT2D eigenvalue weighted by Crippen LogP contribution is -2.41. The quantitative estimate of drug-likeness (QED) is 0.331. The van der Waals surface area contributed by atoms with Crippen molar-refractivity contribution in [1.82, 2.24) is 14.2 Å². The Morgan fingerprint density at radius 3 is 2.65 bits per heavy atom. The number of benzene rings is 2. The SMILES string of the molecule is Cc1cnccc1-c1cccc([C@H](C)N(CCCC(=O)N2CCC[C@H]2C(=O)O)S(=O)(=O)c2cccc(Cl)c2C)c1. The summed E-state index contributed by atoms with van der Waals surface area (Å²) >= 11 is 6.30. The maximum atomic E-state index is 14.1. The maximum Gasteiger partial charge on any atom is 0.326 e. The molecule has 1 aliphatic heterocycles. The topological polar surface area (TPSA) is 108 Å². The molecule has 1 amide bonds. The zero-order valence-electron chi connectivity index (χ0n) is 22.9. The highest BCUT2D eigenvalue weighted by Gasteiger charge is 2.35. The summed E-state index contributed by atoms with van der Waals surface area (Å²) in [6.45, 7) is 5.96. The molecule has 212 valence electrons. The molecule has 0 aliphatic carbocycles. The van der Waals surface area contributed by atoms with E-state index in [4.69, 9.17) is 11.6 Å². The molecule has 1 N–H and O–H groups in total. The smallest absolute Gasteiger partial charge is 0.326 e. The predicted molar refractivity (Wildman–Crippen MR) is 155 cm³/mol. The van der Waals surface area contributed by atoms with E-state index in [0.717, 1.165) is 22.3 Å². The largest absolute Gasteiger partial charge is 0.480 e. The standard InChI is InChI=1S/C30H34ClN3O5S/c1-20-19-32-15-14-25(20)24-9-4-8-23(18-24)22(3)34(40(38,39)28-12-5-10-26(31)21(28)2)17-7-13-29(35)33-16-6-11-27(33)30(36)37/h4-5,8-10,12,14-15,18-19,22,27H,6-7,11,13,16-17H2,1-3H3,(H,36,37)/t22-,27-/m0/s1. The van der Waals surface area contributed by atoms with Crippen LogP contribution in [0.4, 0.5) is 0 Å². The first-order valence-corrected chi connectivity index (χ1v) is 15.1. The molecule has 2 aromatic carbocycles. The van der Waals surface area contributed by atoms with Gasteiger partial charge in [0.1, 0.15) is 6.04 Å². The molecular formula is C30H34ClN3O5S. The number of hydrogen-bond donors (Lipinski definition) is 1. The molecule has 3 aromatic rings. The number of carbonyl (C=O) groups excluding carboxylic acids is 1. The van der Waals surface area contributed by atoms with Gasteiger partial charge in [0.2, 0.25) is 15.9 Å². The molecule has 0 saturated carbocycles. The number of aromatic nitrogens is 1. The van der Waals surface area contributed by atoms with Crippen LogP contribution in [-0.4, -0.2) is 58.7 Å². The van der Waals surface area contributed by atoms with E-state index in [-0.39, 0.29) is 30.2 Å². The van der Waals surface area contributed by atoms with Gasteiger partial charge >= 0.3 is 5.97 Å². The summed E-state index contributed by atoms with van der Waals surface area (Å²) in [4.78, 5) is 30.1. The van der Waals surface area contributed by atoms with E-state index >= 15 is 0 Å². The van der Waals surface area contributed by atoms with Gasteiger partial charge in [0.25, 0.3) is 0 Å². The molecule has 4 rings (SSSR count). The van der Waals surface area contributed by atoms with Crippen molar-refractivity contribution in [2.45, 2.75) is 63.4 Å².